The zero-order chi connectivity index (χ0) is 18.1. The Balaban J connectivity index is 1.53. The molecule has 0 radical (unpaired) electrons. The van der Waals surface area contributed by atoms with Crippen LogP contribution in [-0.2, 0) is 0 Å². The fourth-order valence-corrected chi connectivity index (χ4v) is 4.35. The monoisotopic (exact) mass is 374 g/mol. The Bertz CT molecular complexity index is 1070. The van der Waals surface area contributed by atoms with Crippen LogP contribution in [0, 0.1) is 0 Å². The molecule has 1 aliphatic carbocycles. The molecule has 3 heterocycles. The second-order valence-corrected chi connectivity index (χ2v) is 7.65. The molecule has 0 atom stereocenters. The van der Waals surface area contributed by atoms with Crippen molar-refractivity contribution in [1.29, 1.82) is 0 Å². The second-order valence-electron chi connectivity index (χ2n) is 6.69. The number of rotatable bonds is 4. The first-order valence-electron chi connectivity index (χ1n) is 9.14. The maximum atomic E-state index is 4.80. The minimum absolute atomic E-state index is 0.515. The molecule has 5 rings (SSSR count). The number of hydrogen-bond acceptors (Lipinski definition) is 6. The summed E-state index contributed by atoms with van der Waals surface area (Å²) in [6, 6.07) is 11.9. The van der Waals surface area contributed by atoms with Gasteiger partial charge in [0.15, 0.2) is 5.82 Å². The van der Waals surface area contributed by atoms with Crippen LogP contribution in [0.3, 0.4) is 0 Å². The van der Waals surface area contributed by atoms with Crippen molar-refractivity contribution in [2.24, 2.45) is 0 Å². The van der Waals surface area contributed by atoms with Gasteiger partial charge in [-0.2, -0.15) is 0 Å². The topological polar surface area (TPSA) is 80.2 Å². The van der Waals surface area contributed by atoms with Crippen LogP contribution in [-0.4, -0.2) is 30.1 Å². The average molecular weight is 374 g/mol. The largest absolute Gasteiger partial charge is 0.265 e. The van der Waals surface area contributed by atoms with Crippen molar-refractivity contribution < 1.29 is 0 Å². The molecule has 1 aromatic carbocycles. The van der Waals surface area contributed by atoms with Gasteiger partial charge in [0.05, 0.1) is 5.52 Å². The third-order valence-electron chi connectivity index (χ3n) is 4.92. The number of nitrogens with one attached hydrogen (secondary N) is 1. The summed E-state index contributed by atoms with van der Waals surface area (Å²) in [5.41, 5.74) is 1.85. The highest BCUT2D eigenvalue weighted by molar-refractivity contribution is 7.99. The summed E-state index contributed by atoms with van der Waals surface area (Å²) in [7, 11) is 0. The normalized spacial score (nSPS) is 14.8. The van der Waals surface area contributed by atoms with Crippen LogP contribution in [0.15, 0.2) is 59.0 Å². The van der Waals surface area contributed by atoms with E-state index in [1.807, 2.05) is 36.4 Å². The SMILES string of the molecule is c1ccc2c(Sc3n[nH]c(C4CCCC4)n3)nc(-c3ccncc3)nc2c1. The van der Waals surface area contributed by atoms with E-state index >= 15 is 0 Å². The molecule has 6 nitrogen and oxygen atoms in total. The fourth-order valence-electron chi connectivity index (χ4n) is 3.53. The Labute approximate surface area is 160 Å². The first kappa shape index (κ1) is 16.4. The van der Waals surface area contributed by atoms with Crippen LogP contribution in [0.2, 0.25) is 0 Å². The van der Waals surface area contributed by atoms with E-state index in [4.69, 9.17) is 15.0 Å². The third-order valence-corrected chi connectivity index (χ3v) is 5.79. The molecule has 0 saturated heterocycles. The lowest BCUT2D eigenvalue weighted by Gasteiger charge is -2.07. The summed E-state index contributed by atoms with van der Waals surface area (Å²) >= 11 is 1.49. The van der Waals surface area contributed by atoms with Crippen LogP contribution in [0.1, 0.15) is 37.4 Å². The maximum absolute atomic E-state index is 4.80. The maximum Gasteiger partial charge on any atom is 0.214 e. The molecule has 0 amide bonds. The molecule has 3 aromatic heterocycles. The Hall–Kier alpha value is -2.80. The minimum atomic E-state index is 0.515. The quantitative estimate of drug-likeness (QED) is 0.525. The number of benzene rings is 1. The molecular formula is C20H18N6S. The van der Waals surface area contributed by atoms with Crippen LogP contribution in [0.5, 0.6) is 0 Å². The van der Waals surface area contributed by atoms with E-state index in [9.17, 15) is 0 Å². The lowest BCUT2D eigenvalue weighted by atomic mass is 10.1. The molecule has 0 spiro atoms. The van der Waals surface area contributed by atoms with Crippen LogP contribution >= 0.6 is 11.8 Å². The lowest BCUT2D eigenvalue weighted by Crippen LogP contribution is -1.95. The first-order chi connectivity index (χ1) is 13.4. The van der Waals surface area contributed by atoms with Crippen molar-refractivity contribution in [2.45, 2.75) is 41.8 Å². The first-order valence-corrected chi connectivity index (χ1v) is 9.96. The van der Waals surface area contributed by atoms with E-state index in [1.165, 1.54) is 37.4 Å². The standard InChI is InChI=1S/C20H18N6S/c1-2-6-13(5-1)18-24-20(26-25-18)27-19-15-7-3-4-8-16(15)22-17(23-19)14-9-11-21-12-10-14/h3-4,7-13H,1-2,5-6H2,(H,24,25,26). The summed E-state index contributed by atoms with van der Waals surface area (Å²) in [5, 5.41) is 10.1. The highest BCUT2D eigenvalue weighted by Gasteiger charge is 2.21. The molecule has 0 bridgehead atoms. The molecule has 1 saturated carbocycles. The number of pyridine rings is 1. The number of aromatic nitrogens is 6. The van der Waals surface area contributed by atoms with Gasteiger partial charge >= 0.3 is 0 Å². The van der Waals surface area contributed by atoms with Gasteiger partial charge in [-0.15, -0.1) is 5.10 Å². The predicted molar refractivity (Wildman–Crippen MR) is 104 cm³/mol. The average Bonchev–Trinajstić information content (AvgIpc) is 3.40. The summed E-state index contributed by atoms with van der Waals surface area (Å²) in [6.07, 6.45) is 8.46. The minimum Gasteiger partial charge on any atom is -0.265 e. The predicted octanol–water partition coefficient (Wildman–Crippen LogP) is 4.62. The summed E-state index contributed by atoms with van der Waals surface area (Å²) < 4.78 is 0. The van der Waals surface area contributed by atoms with Gasteiger partial charge in [-0.1, -0.05) is 31.0 Å². The van der Waals surface area contributed by atoms with Crippen molar-refractivity contribution >= 4 is 22.7 Å². The van der Waals surface area contributed by atoms with E-state index in [2.05, 4.69) is 15.2 Å². The Morgan fingerprint density at radius 2 is 1.74 bits per heavy atom. The van der Waals surface area contributed by atoms with E-state index in [0.29, 0.717) is 16.9 Å². The Kier molecular flexibility index (Phi) is 4.29. The molecule has 134 valence electrons. The molecule has 1 fully saturated rings. The fraction of sp³-hybridized carbons (Fsp3) is 0.250. The molecule has 27 heavy (non-hydrogen) atoms. The van der Waals surface area contributed by atoms with E-state index in [1.54, 1.807) is 12.4 Å². The van der Waals surface area contributed by atoms with Gasteiger partial charge < -0.3 is 0 Å². The number of nitrogens with zero attached hydrogens (tertiary/aromatic N) is 5. The van der Waals surface area contributed by atoms with Crippen LogP contribution in [0.25, 0.3) is 22.3 Å². The molecule has 1 aliphatic rings. The smallest absolute Gasteiger partial charge is 0.214 e. The zero-order valence-corrected chi connectivity index (χ0v) is 15.5. The van der Waals surface area contributed by atoms with Crippen molar-refractivity contribution in [1.82, 2.24) is 30.1 Å². The van der Waals surface area contributed by atoms with Gasteiger partial charge in [-0.25, -0.2) is 15.0 Å². The number of para-hydroxylation sites is 1. The van der Waals surface area contributed by atoms with E-state index in [-0.39, 0.29) is 0 Å². The molecular weight excluding hydrogens is 356 g/mol. The van der Waals surface area contributed by atoms with Crippen molar-refractivity contribution in [2.75, 3.05) is 0 Å². The number of hydrogen-bond donors (Lipinski definition) is 1. The highest BCUT2D eigenvalue weighted by atomic mass is 32.2. The summed E-state index contributed by atoms with van der Waals surface area (Å²) in [4.78, 5) is 18.3. The number of H-pyrrole nitrogens is 1. The van der Waals surface area contributed by atoms with Crippen LogP contribution in [0.4, 0.5) is 0 Å². The zero-order valence-electron chi connectivity index (χ0n) is 14.7. The van der Waals surface area contributed by atoms with E-state index in [0.717, 1.165) is 27.3 Å². The van der Waals surface area contributed by atoms with Gasteiger partial charge in [0.1, 0.15) is 10.9 Å². The molecule has 1 N–H and O–H groups in total. The van der Waals surface area contributed by atoms with E-state index < -0.39 is 0 Å². The summed E-state index contributed by atoms with van der Waals surface area (Å²) in [5.74, 6) is 2.20. The van der Waals surface area contributed by atoms with Gasteiger partial charge in [-0.05, 0) is 42.8 Å². The summed E-state index contributed by atoms with van der Waals surface area (Å²) in [6.45, 7) is 0. The second kappa shape index (κ2) is 7.08. The molecule has 7 heteroatoms. The molecule has 0 unspecified atom stereocenters. The van der Waals surface area contributed by atoms with Gasteiger partial charge in [0.2, 0.25) is 5.16 Å². The molecule has 0 aliphatic heterocycles. The van der Waals surface area contributed by atoms with Crippen LogP contribution < -0.4 is 0 Å². The van der Waals surface area contributed by atoms with Gasteiger partial charge in [0, 0.05) is 29.3 Å². The number of fused-ring (bicyclic) bond motifs is 1. The highest BCUT2D eigenvalue weighted by Crippen LogP contribution is 2.35. The molecule has 4 aromatic rings. The third kappa shape index (κ3) is 3.30. The van der Waals surface area contributed by atoms with Gasteiger partial charge in [-0.3, -0.25) is 10.1 Å². The number of aromatic amines is 1. The van der Waals surface area contributed by atoms with Gasteiger partial charge in [0.25, 0.3) is 0 Å². The Morgan fingerprint density at radius 1 is 0.926 bits per heavy atom. The van der Waals surface area contributed by atoms with Crippen molar-refractivity contribution in [3.63, 3.8) is 0 Å². The lowest BCUT2D eigenvalue weighted by molar-refractivity contribution is 0.671. The van der Waals surface area contributed by atoms with Crippen molar-refractivity contribution in [3.8, 4) is 11.4 Å². The Morgan fingerprint density at radius 3 is 2.59 bits per heavy atom. The van der Waals surface area contributed by atoms with Crippen molar-refractivity contribution in [3.05, 3.63) is 54.6 Å².